The van der Waals surface area contributed by atoms with Crippen LogP contribution in [0.25, 0.3) is 0 Å². The van der Waals surface area contributed by atoms with Gasteiger partial charge in [-0.3, -0.25) is 0 Å². The van der Waals surface area contributed by atoms with Gasteiger partial charge < -0.3 is 40.2 Å². The molecule has 0 heterocycles. The molecule has 0 radical (unpaired) electrons. The number of hydrogen-bond donors (Lipinski definition) is 8. The Hall–Kier alpha value is -2.96. The lowest BCUT2D eigenvalue weighted by Crippen LogP contribution is -2.75. The second-order valence-electron chi connectivity index (χ2n) is 8.73. The summed E-state index contributed by atoms with van der Waals surface area (Å²) in [5.41, 5.74) is 1.23. The third-order valence-corrected chi connectivity index (χ3v) is 11.4. The molecule has 0 atom stereocenters. The zero-order valence-electron chi connectivity index (χ0n) is 19.6. The largest absolute Gasteiger partial charge is 0.488 e. The molecule has 0 aromatic heterocycles. The molecule has 0 bridgehead atoms. The zero-order chi connectivity index (χ0) is 26.7. The molecule has 0 unspecified atom stereocenters. The summed E-state index contributed by atoms with van der Waals surface area (Å²) >= 11 is 0. The minimum Gasteiger partial charge on any atom is -0.423 e. The predicted molar refractivity (Wildman–Crippen MR) is 149 cm³/mol. The fourth-order valence-electron chi connectivity index (χ4n) is 4.62. The third-order valence-electron chi connectivity index (χ3n) is 6.57. The van der Waals surface area contributed by atoms with E-state index in [1.807, 2.05) is 0 Å². The van der Waals surface area contributed by atoms with Crippen LogP contribution in [0.15, 0.2) is 97.1 Å². The van der Waals surface area contributed by atoms with Crippen LogP contribution in [0, 0.1) is 0 Å². The highest BCUT2D eigenvalue weighted by Crippen LogP contribution is 2.09. The molecule has 184 valence electrons. The van der Waals surface area contributed by atoms with Gasteiger partial charge in [-0.05, 0) is 42.6 Å². The van der Waals surface area contributed by atoms with Crippen LogP contribution in [0.4, 0.5) is 0 Å². The van der Waals surface area contributed by atoms with Gasteiger partial charge >= 0.3 is 28.5 Å². The van der Waals surface area contributed by atoms with Crippen molar-refractivity contribution in [2.45, 2.75) is 0 Å². The molecule has 4 aromatic rings. The third kappa shape index (κ3) is 5.36. The lowest BCUT2D eigenvalue weighted by molar-refractivity contribution is 0.424. The van der Waals surface area contributed by atoms with Crippen LogP contribution in [-0.4, -0.2) is 76.7 Å². The molecule has 13 heteroatoms. The number of rotatable bonds is 8. The van der Waals surface area contributed by atoms with Crippen LogP contribution in [-0.2, 0) is 0 Å². The van der Waals surface area contributed by atoms with E-state index in [9.17, 15) is 40.2 Å². The Bertz CT molecular complexity index is 1110. The fraction of sp³-hybridized carbons (Fsp3) is 0. The second kappa shape index (κ2) is 11.2. The predicted octanol–water partition coefficient (Wildman–Crippen LogP) is -6.22. The first-order valence-corrected chi connectivity index (χ1v) is 13.5. The standard InChI is InChI=1S/C24H24B4O8Si/c29-25(30)17-1-9-21(10-2-17)37(22-11-3-18(4-12-22)26(31)32,23-13-5-19(6-14-23)27(33)34)24-15-7-20(8-16-24)28(35)36/h1-16,29-36H. The Morgan fingerprint density at radius 3 is 0.595 bits per heavy atom. The van der Waals surface area contributed by atoms with Gasteiger partial charge in [-0.15, -0.1) is 0 Å². The van der Waals surface area contributed by atoms with Gasteiger partial charge in [-0.25, -0.2) is 0 Å². The van der Waals surface area contributed by atoms with Crippen LogP contribution in [0.2, 0.25) is 0 Å². The Morgan fingerprint density at radius 1 is 0.297 bits per heavy atom. The highest BCUT2D eigenvalue weighted by molar-refractivity contribution is 7.20. The van der Waals surface area contributed by atoms with Gasteiger partial charge in [0.05, 0.1) is 0 Å². The van der Waals surface area contributed by atoms with Gasteiger partial charge in [0, 0.05) is 0 Å². The van der Waals surface area contributed by atoms with Crippen LogP contribution in [0.1, 0.15) is 0 Å². The average molecular weight is 512 g/mol. The van der Waals surface area contributed by atoms with Crippen LogP contribution >= 0.6 is 0 Å². The Labute approximate surface area is 216 Å². The Balaban J connectivity index is 2.05. The highest BCUT2D eigenvalue weighted by Gasteiger charge is 2.42. The molecule has 4 aromatic carbocycles. The Kier molecular flexibility index (Phi) is 8.19. The summed E-state index contributed by atoms with van der Waals surface area (Å²) in [6.45, 7) is 0. The summed E-state index contributed by atoms with van der Waals surface area (Å²) < 4.78 is 0. The van der Waals surface area contributed by atoms with E-state index in [0.717, 1.165) is 20.7 Å². The molecule has 0 aliphatic rings. The van der Waals surface area contributed by atoms with Gasteiger partial charge in [0.15, 0.2) is 8.07 Å². The zero-order valence-corrected chi connectivity index (χ0v) is 20.6. The summed E-state index contributed by atoms with van der Waals surface area (Å²) in [7, 11) is -9.77. The van der Waals surface area contributed by atoms with Crippen molar-refractivity contribution in [3.63, 3.8) is 0 Å². The maximum absolute atomic E-state index is 9.64. The molecule has 8 N–H and O–H groups in total. The van der Waals surface area contributed by atoms with Crippen LogP contribution in [0.3, 0.4) is 0 Å². The highest BCUT2D eigenvalue weighted by atomic mass is 28.3. The molecule has 0 fully saturated rings. The number of benzene rings is 4. The van der Waals surface area contributed by atoms with Crippen molar-refractivity contribution in [1.82, 2.24) is 0 Å². The van der Waals surface area contributed by atoms with Crippen molar-refractivity contribution >= 4 is 79.1 Å². The molecule has 0 aliphatic carbocycles. The first-order chi connectivity index (χ1) is 17.6. The van der Waals surface area contributed by atoms with Gasteiger partial charge in [-0.2, -0.15) is 0 Å². The molecule has 4 rings (SSSR count). The second-order valence-corrected chi connectivity index (χ2v) is 12.5. The molecular formula is C24H24B4O8Si. The van der Waals surface area contributed by atoms with E-state index in [1.54, 1.807) is 97.1 Å². The summed E-state index contributed by atoms with van der Waals surface area (Å²) in [5, 5.41) is 80.5. The minimum atomic E-state index is -3.18. The van der Waals surface area contributed by atoms with Gasteiger partial charge in [0.1, 0.15) is 0 Å². The van der Waals surface area contributed by atoms with Gasteiger partial charge in [0.2, 0.25) is 0 Å². The van der Waals surface area contributed by atoms with Crippen molar-refractivity contribution in [2.24, 2.45) is 0 Å². The molecule has 8 nitrogen and oxygen atoms in total. The lowest BCUT2D eigenvalue weighted by Gasteiger charge is -2.35. The SMILES string of the molecule is OB(O)c1ccc([Si](c2ccc(B(O)O)cc2)(c2ccc(B(O)O)cc2)c2ccc(B(O)O)cc2)cc1. The van der Waals surface area contributed by atoms with Crippen molar-refractivity contribution in [2.75, 3.05) is 0 Å². The van der Waals surface area contributed by atoms with E-state index < -0.39 is 36.5 Å². The van der Waals surface area contributed by atoms with Crippen LogP contribution in [0.5, 0.6) is 0 Å². The van der Waals surface area contributed by atoms with E-state index >= 15 is 0 Å². The van der Waals surface area contributed by atoms with E-state index in [1.165, 1.54) is 0 Å². The topological polar surface area (TPSA) is 162 Å². The molecule has 0 saturated heterocycles. The Morgan fingerprint density at radius 2 is 0.459 bits per heavy atom. The van der Waals surface area contributed by atoms with Crippen LogP contribution < -0.4 is 42.6 Å². The number of hydrogen-bond acceptors (Lipinski definition) is 8. The summed E-state index contributed by atoms with van der Waals surface area (Å²) in [5.74, 6) is 0. The van der Waals surface area contributed by atoms with Crippen molar-refractivity contribution in [3.8, 4) is 0 Å². The fourth-order valence-corrected chi connectivity index (χ4v) is 9.29. The van der Waals surface area contributed by atoms with Crippen molar-refractivity contribution in [1.29, 1.82) is 0 Å². The van der Waals surface area contributed by atoms with E-state index in [-0.39, 0.29) is 0 Å². The molecule has 37 heavy (non-hydrogen) atoms. The van der Waals surface area contributed by atoms with Gasteiger partial charge in [-0.1, -0.05) is 97.1 Å². The smallest absolute Gasteiger partial charge is 0.423 e. The lowest BCUT2D eigenvalue weighted by atomic mass is 9.80. The van der Waals surface area contributed by atoms with E-state index in [4.69, 9.17) is 0 Å². The molecule has 0 spiro atoms. The first kappa shape index (κ1) is 27.1. The summed E-state index contributed by atoms with van der Waals surface area (Å²) in [6, 6.07) is 27.4. The maximum Gasteiger partial charge on any atom is 0.488 e. The minimum absolute atomic E-state index is 0.308. The monoisotopic (exact) mass is 512 g/mol. The molecule has 0 amide bonds. The van der Waals surface area contributed by atoms with E-state index in [0.29, 0.717) is 21.9 Å². The molecule has 0 saturated carbocycles. The first-order valence-electron chi connectivity index (χ1n) is 11.5. The van der Waals surface area contributed by atoms with E-state index in [2.05, 4.69) is 0 Å². The molecular weight excluding hydrogens is 488 g/mol. The van der Waals surface area contributed by atoms with Gasteiger partial charge in [0.25, 0.3) is 0 Å². The summed E-state index contributed by atoms with van der Waals surface area (Å²) in [4.78, 5) is 0. The maximum atomic E-state index is 9.64. The quantitative estimate of drug-likeness (QED) is 0.0856. The molecule has 0 aliphatic heterocycles. The van der Waals surface area contributed by atoms with Crippen molar-refractivity contribution in [3.05, 3.63) is 97.1 Å². The van der Waals surface area contributed by atoms with Crippen molar-refractivity contribution < 1.29 is 40.2 Å². The normalized spacial score (nSPS) is 11.2. The summed E-state index contributed by atoms with van der Waals surface area (Å²) in [6.07, 6.45) is 0. The average Bonchev–Trinajstić information content (AvgIpc) is 2.90.